The van der Waals surface area contributed by atoms with Gasteiger partial charge < -0.3 is 15.3 Å². The molecule has 2 N–H and O–H groups in total. The van der Waals surface area contributed by atoms with E-state index < -0.39 is 0 Å². The van der Waals surface area contributed by atoms with E-state index in [9.17, 15) is 9.90 Å². The van der Waals surface area contributed by atoms with E-state index in [2.05, 4.69) is 53.2 Å². The smallest absolute Gasteiger partial charge is 0.255 e. The number of rotatable bonds is 7. The fourth-order valence-corrected chi connectivity index (χ4v) is 3.80. The fourth-order valence-electron chi connectivity index (χ4n) is 3.56. The molecule has 0 atom stereocenters. The van der Waals surface area contributed by atoms with Crippen molar-refractivity contribution in [3.05, 3.63) is 58.6 Å². The number of para-hydroxylation sites is 1. The van der Waals surface area contributed by atoms with Gasteiger partial charge in [-0.1, -0.05) is 43.6 Å². The number of carbonyl (C=O) groups is 1. The minimum absolute atomic E-state index is 0.0296. The highest BCUT2D eigenvalue weighted by atomic mass is 35.5. The summed E-state index contributed by atoms with van der Waals surface area (Å²) < 4.78 is 0. The molecule has 0 unspecified atom stereocenters. The van der Waals surface area contributed by atoms with Crippen molar-refractivity contribution in [2.45, 2.75) is 26.8 Å². The second-order valence-electron chi connectivity index (χ2n) is 8.00. The average molecular weight is 416 g/mol. The van der Waals surface area contributed by atoms with Crippen LogP contribution in [-0.2, 0) is 6.54 Å². The summed E-state index contributed by atoms with van der Waals surface area (Å²) in [7, 11) is 0. The Morgan fingerprint density at radius 2 is 1.83 bits per heavy atom. The summed E-state index contributed by atoms with van der Waals surface area (Å²) in [5.74, 6) is 0.260. The Bertz CT molecular complexity index is 818. The molecule has 0 aliphatic carbocycles. The van der Waals surface area contributed by atoms with E-state index in [4.69, 9.17) is 11.6 Å². The lowest BCUT2D eigenvalue weighted by atomic mass is 10.1. The molecule has 0 radical (unpaired) electrons. The molecule has 1 aliphatic heterocycles. The summed E-state index contributed by atoms with van der Waals surface area (Å²) in [6.45, 7) is 8.99. The van der Waals surface area contributed by atoms with Crippen LogP contribution < -0.4 is 10.2 Å². The predicted octanol–water partition coefficient (Wildman–Crippen LogP) is 4.14. The number of phenolic OH excluding ortho intramolecular Hbond substituents is 1. The van der Waals surface area contributed by atoms with E-state index in [1.807, 2.05) is 6.07 Å². The molecule has 2 aromatic rings. The van der Waals surface area contributed by atoms with Crippen molar-refractivity contribution < 1.29 is 9.90 Å². The Morgan fingerprint density at radius 3 is 2.48 bits per heavy atom. The third-order valence-electron chi connectivity index (χ3n) is 5.29. The van der Waals surface area contributed by atoms with E-state index in [1.54, 1.807) is 12.1 Å². The molecule has 1 aliphatic rings. The molecule has 1 fully saturated rings. The van der Waals surface area contributed by atoms with E-state index in [0.29, 0.717) is 29.6 Å². The van der Waals surface area contributed by atoms with Crippen molar-refractivity contribution in [2.24, 2.45) is 5.92 Å². The summed E-state index contributed by atoms with van der Waals surface area (Å²) in [5.41, 5.74) is 2.18. The van der Waals surface area contributed by atoms with Crippen LogP contribution in [0.15, 0.2) is 42.5 Å². The number of halogens is 1. The number of anilines is 1. The number of aromatic hydroxyl groups is 1. The van der Waals surface area contributed by atoms with Crippen LogP contribution in [0, 0.1) is 5.92 Å². The molecule has 156 valence electrons. The zero-order valence-corrected chi connectivity index (χ0v) is 18.0. The molecule has 1 saturated heterocycles. The van der Waals surface area contributed by atoms with Gasteiger partial charge in [-0.05, 0) is 36.6 Å². The molecule has 1 heterocycles. The molecule has 2 aromatic carbocycles. The fraction of sp³-hybridized carbons (Fsp3) is 0.435. The van der Waals surface area contributed by atoms with Gasteiger partial charge in [0, 0.05) is 55.5 Å². The Hall–Kier alpha value is -2.24. The number of piperazine rings is 1. The summed E-state index contributed by atoms with van der Waals surface area (Å²) >= 11 is 6.25. The van der Waals surface area contributed by atoms with Gasteiger partial charge in [-0.15, -0.1) is 0 Å². The molecule has 0 spiro atoms. The molecule has 3 rings (SSSR count). The molecular formula is C23H30ClN3O2. The first-order chi connectivity index (χ1) is 13.9. The van der Waals surface area contributed by atoms with Gasteiger partial charge >= 0.3 is 0 Å². The minimum atomic E-state index is -0.277. The van der Waals surface area contributed by atoms with Crippen molar-refractivity contribution in [3.8, 4) is 5.75 Å². The number of carbonyl (C=O) groups excluding carboxylic acids is 1. The molecule has 0 saturated carbocycles. The minimum Gasteiger partial charge on any atom is -0.507 e. The summed E-state index contributed by atoms with van der Waals surface area (Å²) in [4.78, 5) is 17.1. The van der Waals surface area contributed by atoms with E-state index in [-0.39, 0.29) is 17.2 Å². The maximum atomic E-state index is 12.5. The first-order valence-corrected chi connectivity index (χ1v) is 10.6. The van der Waals surface area contributed by atoms with Crippen LogP contribution in [0.4, 0.5) is 5.69 Å². The summed E-state index contributed by atoms with van der Waals surface area (Å²) in [6, 6.07) is 13.7. The van der Waals surface area contributed by atoms with Gasteiger partial charge in [0.1, 0.15) is 5.75 Å². The quantitative estimate of drug-likeness (QED) is 0.713. The molecule has 29 heavy (non-hydrogen) atoms. The lowest BCUT2D eigenvalue weighted by Gasteiger charge is -2.36. The van der Waals surface area contributed by atoms with Crippen LogP contribution in [0.5, 0.6) is 5.75 Å². The largest absolute Gasteiger partial charge is 0.507 e. The van der Waals surface area contributed by atoms with Crippen molar-refractivity contribution >= 4 is 23.2 Å². The maximum absolute atomic E-state index is 12.5. The van der Waals surface area contributed by atoms with Gasteiger partial charge in [-0.3, -0.25) is 9.69 Å². The number of nitrogens with one attached hydrogen (secondary N) is 1. The number of amides is 1. The topological polar surface area (TPSA) is 55.8 Å². The molecule has 0 aromatic heterocycles. The Morgan fingerprint density at radius 1 is 1.14 bits per heavy atom. The van der Waals surface area contributed by atoms with Crippen molar-refractivity contribution in [3.63, 3.8) is 0 Å². The number of hydrogen-bond donors (Lipinski definition) is 2. The van der Waals surface area contributed by atoms with Gasteiger partial charge in [0.2, 0.25) is 0 Å². The number of phenols is 1. The van der Waals surface area contributed by atoms with Crippen LogP contribution in [0.1, 0.15) is 36.2 Å². The third kappa shape index (κ3) is 5.87. The molecule has 6 heteroatoms. The highest BCUT2D eigenvalue weighted by Crippen LogP contribution is 2.29. The van der Waals surface area contributed by atoms with Gasteiger partial charge in [0.25, 0.3) is 5.91 Å². The van der Waals surface area contributed by atoms with Crippen LogP contribution in [0.2, 0.25) is 5.02 Å². The average Bonchev–Trinajstić information content (AvgIpc) is 2.71. The standard InChI is InChI=1S/C23H30ClN3O2/c1-17(2)8-9-25-23(29)21-15-19(24)14-18(22(21)28)16-26-10-12-27(13-11-26)20-6-4-3-5-7-20/h3-7,14-15,17,28H,8-13,16H2,1-2H3,(H,25,29). The number of nitrogens with zero attached hydrogens (tertiary/aromatic N) is 2. The first-order valence-electron chi connectivity index (χ1n) is 10.3. The van der Waals surface area contributed by atoms with Crippen LogP contribution >= 0.6 is 11.6 Å². The monoisotopic (exact) mass is 415 g/mol. The third-order valence-corrected chi connectivity index (χ3v) is 5.51. The Kier molecular flexibility index (Phi) is 7.40. The van der Waals surface area contributed by atoms with Crippen molar-refractivity contribution in [1.29, 1.82) is 0 Å². The molecule has 5 nitrogen and oxygen atoms in total. The lowest BCUT2D eigenvalue weighted by molar-refractivity contribution is 0.0949. The zero-order valence-electron chi connectivity index (χ0n) is 17.2. The molecule has 1 amide bonds. The Labute approximate surface area is 178 Å². The number of benzene rings is 2. The lowest BCUT2D eigenvalue weighted by Crippen LogP contribution is -2.46. The van der Waals surface area contributed by atoms with E-state index in [1.165, 1.54) is 5.69 Å². The van der Waals surface area contributed by atoms with Crippen molar-refractivity contribution in [2.75, 3.05) is 37.6 Å². The predicted molar refractivity (Wildman–Crippen MR) is 119 cm³/mol. The normalized spacial score (nSPS) is 15.0. The van der Waals surface area contributed by atoms with Gasteiger partial charge in [0.05, 0.1) is 5.56 Å². The van der Waals surface area contributed by atoms with Gasteiger partial charge in [-0.2, -0.15) is 0 Å². The van der Waals surface area contributed by atoms with Crippen molar-refractivity contribution in [1.82, 2.24) is 10.2 Å². The second-order valence-corrected chi connectivity index (χ2v) is 8.43. The Balaban J connectivity index is 1.62. The van der Waals surface area contributed by atoms with Crippen LogP contribution in [0.3, 0.4) is 0 Å². The highest BCUT2D eigenvalue weighted by molar-refractivity contribution is 6.31. The van der Waals surface area contributed by atoms with Crippen LogP contribution in [-0.4, -0.2) is 48.6 Å². The molecule has 0 bridgehead atoms. The first kappa shape index (κ1) is 21.5. The second kappa shape index (κ2) is 9.99. The summed E-state index contributed by atoms with van der Waals surface area (Å²) in [5, 5.41) is 14.0. The zero-order chi connectivity index (χ0) is 20.8. The van der Waals surface area contributed by atoms with E-state index in [0.717, 1.165) is 32.6 Å². The number of hydrogen-bond acceptors (Lipinski definition) is 4. The summed E-state index contributed by atoms with van der Waals surface area (Å²) in [6.07, 6.45) is 0.894. The van der Waals surface area contributed by atoms with Crippen LogP contribution in [0.25, 0.3) is 0 Å². The molecular weight excluding hydrogens is 386 g/mol. The van der Waals surface area contributed by atoms with Gasteiger partial charge in [-0.25, -0.2) is 0 Å². The van der Waals surface area contributed by atoms with Gasteiger partial charge in [0.15, 0.2) is 0 Å². The SMILES string of the molecule is CC(C)CCNC(=O)c1cc(Cl)cc(CN2CCN(c3ccccc3)CC2)c1O. The van der Waals surface area contributed by atoms with E-state index >= 15 is 0 Å². The maximum Gasteiger partial charge on any atom is 0.255 e. The highest BCUT2D eigenvalue weighted by Gasteiger charge is 2.21.